The molecule has 0 aliphatic carbocycles. The van der Waals surface area contributed by atoms with Crippen molar-refractivity contribution in [1.29, 1.82) is 0 Å². The third kappa shape index (κ3) is 4.05. The summed E-state index contributed by atoms with van der Waals surface area (Å²) in [6.45, 7) is 11.2. The van der Waals surface area contributed by atoms with Crippen molar-refractivity contribution in [2.75, 3.05) is 7.11 Å². The first-order chi connectivity index (χ1) is 8.32. The van der Waals surface area contributed by atoms with Crippen LogP contribution >= 0.6 is 0 Å². The van der Waals surface area contributed by atoms with Crippen molar-refractivity contribution < 1.29 is 8.85 Å². The number of nitrogens with one attached hydrogen (secondary N) is 1. The van der Waals surface area contributed by atoms with Crippen molar-refractivity contribution in [2.45, 2.75) is 51.3 Å². The summed E-state index contributed by atoms with van der Waals surface area (Å²) >= 11 is 0. The molecule has 1 aromatic rings. The van der Waals surface area contributed by atoms with E-state index in [1.165, 1.54) is 0 Å². The molecule has 2 unspecified atom stereocenters. The molecule has 1 N–H and O–H groups in total. The molecule has 0 fully saturated rings. The second-order valence-electron chi connectivity index (χ2n) is 5.93. The Hall–Kier alpha value is -0.436. The monoisotopic (exact) mass is 286 g/mol. The summed E-state index contributed by atoms with van der Waals surface area (Å²) in [5, 5.41) is 0. The Kier molecular flexibility index (Phi) is 5.33. The van der Waals surface area contributed by atoms with Gasteiger partial charge in [0.1, 0.15) is 5.82 Å². The molecule has 0 spiro atoms. The van der Waals surface area contributed by atoms with Gasteiger partial charge in [-0.3, -0.25) is 0 Å². The van der Waals surface area contributed by atoms with Crippen LogP contribution < -0.4 is 0 Å². The number of H-pyrrole nitrogens is 1. The van der Waals surface area contributed by atoms with E-state index in [9.17, 15) is 0 Å². The zero-order valence-corrected chi connectivity index (χ0v) is 14.4. The van der Waals surface area contributed by atoms with E-state index in [4.69, 9.17) is 8.85 Å². The number of hydrogen-bond acceptors (Lipinski definition) is 3. The van der Waals surface area contributed by atoms with Gasteiger partial charge in [0.15, 0.2) is 0 Å². The first-order valence-electron chi connectivity index (χ1n) is 6.54. The highest BCUT2D eigenvalue weighted by atomic mass is 28.4. The molecule has 0 saturated carbocycles. The molecule has 1 aromatic heterocycles. The van der Waals surface area contributed by atoms with Crippen LogP contribution in [0.4, 0.5) is 0 Å². The third-order valence-electron chi connectivity index (χ3n) is 3.06. The van der Waals surface area contributed by atoms with Crippen molar-refractivity contribution in [3.63, 3.8) is 0 Å². The number of aromatic amines is 1. The number of nitrogens with zero attached hydrogens (tertiary/aromatic N) is 1. The Bertz CT molecular complexity index is 351. The van der Waals surface area contributed by atoms with E-state index >= 15 is 0 Å². The van der Waals surface area contributed by atoms with E-state index in [0.29, 0.717) is 0 Å². The topological polar surface area (TPSA) is 47.1 Å². The maximum absolute atomic E-state index is 6.42. The maximum atomic E-state index is 6.42. The van der Waals surface area contributed by atoms with Gasteiger partial charge in [-0.2, -0.15) is 0 Å². The molecule has 0 aliphatic heterocycles. The lowest BCUT2D eigenvalue weighted by molar-refractivity contribution is 0.172. The predicted octanol–water partition coefficient (Wildman–Crippen LogP) is 3.47. The Morgan fingerprint density at radius 1 is 1.33 bits per heavy atom. The van der Waals surface area contributed by atoms with Crippen LogP contribution in [0.5, 0.6) is 0 Å². The van der Waals surface area contributed by atoms with Gasteiger partial charge in [0.2, 0.25) is 0 Å². The molecule has 1 heterocycles. The van der Waals surface area contributed by atoms with Crippen LogP contribution in [-0.4, -0.2) is 33.7 Å². The summed E-state index contributed by atoms with van der Waals surface area (Å²) in [6, 6.07) is 1.02. The normalized spacial score (nSPS) is 17.4. The van der Waals surface area contributed by atoms with Crippen molar-refractivity contribution >= 4 is 16.6 Å². The largest absolute Gasteiger partial charge is 0.398 e. The van der Waals surface area contributed by atoms with Gasteiger partial charge in [-0.1, -0.05) is 33.0 Å². The minimum atomic E-state index is -2.08. The van der Waals surface area contributed by atoms with Crippen LogP contribution in [-0.2, 0) is 8.85 Å². The summed E-state index contributed by atoms with van der Waals surface area (Å²) in [5.74, 6) is 0.945. The summed E-state index contributed by atoms with van der Waals surface area (Å²) < 4.78 is 12.1. The summed E-state index contributed by atoms with van der Waals surface area (Å²) in [4.78, 5) is 7.58. The van der Waals surface area contributed by atoms with Crippen LogP contribution in [0, 0.1) is 0 Å². The fraction of sp³-hybridized carbons (Fsp3) is 0.750. The molecule has 6 heteroatoms. The van der Waals surface area contributed by atoms with Gasteiger partial charge < -0.3 is 13.8 Å². The zero-order chi connectivity index (χ0) is 13.8. The highest BCUT2D eigenvalue weighted by molar-refractivity contribution is 6.78. The molecule has 104 valence electrons. The summed E-state index contributed by atoms with van der Waals surface area (Å²) in [6.07, 6.45) is 4.74. The highest BCUT2D eigenvalue weighted by Gasteiger charge is 2.39. The Morgan fingerprint density at radius 2 is 2.00 bits per heavy atom. The molecule has 18 heavy (non-hydrogen) atoms. The van der Waals surface area contributed by atoms with E-state index < -0.39 is 16.6 Å². The lowest BCUT2D eigenvalue weighted by Crippen LogP contribution is -2.45. The quantitative estimate of drug-likeness (QED) is 0.781. The van der Waals surface area contributed by atoms with E-state index in [2.05, 4.69) is 43.1 Å². The predicted molar refractivity (Wildman–Crippen MR) is 79.5 cm³/mol. The van der Waals surface area contributed by atoms with Gasteiger partial charge in [0.05, 0.1) is 13.8 Å². The number of imidazole rings is 1. The second-order valence-corrected chi connectivity index (χ2v) is 14.6. The molecule has 0 radical (unpaired) electrons. The van der Waals surface area contributed by atoms with Crippen molar-refractivity contribution in [1.82, 2.24) is 9.97 Å². The smallest absolute Gasteiger partial charge is 0.335 e. The lowest BCUT2D eigenvalue weighted by Gasteiger charge is -2.35. The van der Waals surface area contributed by atoms with Gasteiger partial charge in [0, 0.05) is 19.5 Å². The average molecular weight is 287 g/mol. The molecule has 0 bridgehead atoms. The van der Waals surface area contributed by atoms with Crippen LogP contribution in [0.2, 0.25) is 32.2 Å². The molecule has 0 amide bonds. The third-order valence-corrected chi connectivity index (χ3v) is 8.26. The number of hydrogen-bond donors (Lipinski definition) is 1. The first-order valence-corrected chi connectivity index (χ1v) is 12.6. The van der Waals surface area contributed by atoms with Crippen LogP contribution in [0.1, 0.15) is 24.9 Å². The standard InChI is InChI=1S/C12H26N2O2Si2/c1-7-10-18(6,15-2)16-12(17(3,4)5)11-13-8-9-14-11/h8-9,12H,7,10H2,1-6H3,(H,13,14). The van der Waals surface area contributed by atoms with Crippen LogP contribution in [0.15, 0.2) is 12.4 Å². The molecule has 0 aliphatic rings. The fourth-order valence-electron chi connectivity index (χ4n) is 1.98. The molecule has 4 nitrogen and oxygen atoms in total. The molecule has 0 saturated heterocycles. The van der Waals surface area contributed by atoms with E-state index in [-0.39, 0.29) is 5.73 Å². The van der Waals surface area contributed by atoms with Gasteiger partial charge in [-0.05, 0) is 12.6 Å². The highest BCUT2D eigenvalue weighted by Crippen LogP contribution is 2.31. The number of rotatable bonds is 7. The van der Waals surface area contributed by atoms with Crippen LogP contribution in [0.25, 0.3) is 0 Å². The lowest BCUT2D eigenvalue weighted by atomic mass is 10.6. The van der Waals surface area contributed by atoms with E-state index in [1.54, 1.807) is 13.3 Å². The van der Waals surface area contributed by atoms with Gasteiger partial charge >= 0.3 is 8.56 Å². The Labute approximate surface area is 112 Å². The van der Waals surface area contributed by atoms with Crippen LogP contribution in [0.3, 0.4) is 0 Å². The average Bonchev–Trinajstić information content (AvgIpc) is 2.78. The SMILES string of the molecule is CCC[Si](C)(OC)OC(c1ncc[nH]1)[Si](C)(C)C. The van der Waals surface area contributed by atoms with Crippen molar-refractivity contribution in [3.05, 3.63) is 18.2 Å². The van der Waals surface area contributed by atoms with Gasteiger partial charge in [-0.15, -0.1) is 0 Å². The molecule has 2 atom stereocenters. The second kappa shape index (κ2) is 6.14. The number of aromatic nitrogens is 2. The summed E-state index contributed by atoms with van der Waals surface area (Å²) in [7, 11) is -1.82. The minimum absolute atomic E-state index is 0.0793. The molecule has 1 rings (SSSR count). The molecular formula is C12H26N2O2Si2. The Morgan fingerprint density at radius 3 is 2.39 bits per heavy atom. The maximum Gasteiger partial charge on any atom is 0.335 e. The van der Waals surface area contributed by atoms with E-state index in [1.807, 2.05) is 6.20 Å². The fourth-order valence-corrected chi connectivity index (χ4v) is 7.05. The van der Waals surface area contributed by atoms with Crippen molar-refractivity contribution in [3.8, 4) is 0 Å². The molecule has 0 aromatic carbocycles. The van der Waals surface area contributed by atoms with Crippen molar-refractivity contribution in [2.24, 2.45) is 0 Å². The van der Waals surface area contributed by atoms with Gasteiger partial charge in [0.25, 0.3) is 0 Å². The minimum Gasteiger partial charge on any atom is -0.398 e. The van der Waals surface area contributed by atoms with E-state index in [0.717, 1.165) is 18.3 Å². The van der Waals surface area contributed by atoms with Gasteiger partial charge in [-0.25, -0.2) is 4.98 Å². The molecular weight excluding hydrogens is 260 g/mol. The Balaban J connectivity index is 2.92. The first kappa shape index (κ1) is 15.6. The zero-order valence-electron chi connectivity index (χ0n) is 12.4. The summed E-state index contributed by atoms with van der Waals surface area (Å²) in [5.41, 5.74) is 0.0793.